The molecule has 1 heterocycles. The van der Waals surface area contributed by atoms with E-state index in [1.165, 1.54) is 5.56 Å². The third kappa shape index (κ3) is 3.24. The summed E-state index contributed by atoms with van der Waals surface area (Å²) in [5, 5.41) is 3.06. The fourth-order valence-electron chi connectivity index (χ4n) is 4.43. The van der Waals surface area contributed by atoms with Crippen molar-refractivity contribution in [2.45, 2.75) is 37.8 Å². The molecule has 0 aromatic heterocycles. The second-order valence-electron chi connectivity index (χ2n) is 7.28. The molecule has 2 bridgehead atoms. The van der Waals surface area contributed by atoms with E-state index in [9.17, 15) is 9.59 Å². The molecule has 2 aromatic rings. The summed E-state index contributed by atoms with van der Waals surface area (Å²) in [5.41, 5.74) is 1.88. The van der Waals surface area contributed by atoms with Crippen LogP contribution in [0.15, 0.2) is 60.7 Å². The largest absolute Gasteiger partial charge is 0.354 e. The van der Waals surface area contributed by atoms with Crippen molar-refractivity contribution in [3.63, 3.8) is 0 Å². The number of likely N-dealkylation sites (tertiary alicyclic amines) is 1. The van der Waals surface area contributed by atoms with Crippen molar-refractivity contribution in [2.75, 3.05) is 6.54 Å². The summed E-state index contributed by atoms with van der Waals surface area (Å²) >= 11 is 0. The van der Waals surface area contributed by atoms with Gasteiger partial charge in [-0.05, 0) is 49.3 Å². The van der Waals surface area contributed by atoms with E-state index in [1.54, 1.807) is 0 Å². The van der Waals surface area contributed by atoms with Gasteiger partial charge in [-0.15, -0.1) is 0 Å². The molecule has 2 aliphatic rings. The van der Waals surface area contributed by atoms with Gasteiger partial charge >= 0.3 is 0 Å². The molecule has 134 valence electrons. The van der Waals surface area contributed by atoms with Gasteiger partial charge in [0.05, 0.1) is 0 Å². The molecule has 4 heteroatoms. The van der Waals surface area contributed by atoms with Gasteiger partial charge in [0.15, 0.2) is 0 Å². The van der Waals surface area contributed by atoms with Crippen LogP contribution in [-0.2, 0) is 11.2 Å². The lowest BCUT2D eigenvalue weighted by Gasteiger charge is -2.34. The molecule has 1 saturated carbocycles. The lowest BCUT2D eigenvalue weighted by atomic mass is 9.97. The zero-order chi connectivity index (χ0) is 17.9. The van der Waals surface area contributed by atoms with Crippen LogP contribution in [0.5, 0.6) is 0 Å². The van der Waals surface area contributed by atoms with Gasteiger partial charge in [0.25, 0.3) is 5.91 Å². The molecule has 1 aliphatic heterocycles. The van der Waals surface area contributed by atoms with Gasteiger partial charge in [0.1, 0.15) is 6.04 Å². The van der Waals surface area contributed by atoms with Gasteiger partial charge in [-0.3, -0.25) is 9.59 Å². The minimum Gasteiger partial charge on any atom is -0.354 e. The number of fused-ring (bicyclic) bond motifs is 2. The maximum absolute atomic E-state index is 13.0. The summed E-state index contributed by atoms with van der Waals surface area (Å²) in [6, 6.07) is 19.3. The Labute approximate surface area is 154 Å². The molecule has 0 radical (unpaired) electrons. The van der Waals surface area contributed by atoms with Crippen LogP contribution in [0, 0.1) is 5.92 Å². The third-order valence-corrected chi connectivity index (χ3v) is 5.66. The Kier molecular flexibility index (Phi) is 4.74. The van der Waals surface area contributed by atoms with Gasteiger partial charge in [0, 0.05) is 18.2 Å². The number of benzene rings is 2. The fraction of sp³-hybridized carbons (Fsp3) is 0.364. The van der Waals surface area contributed by atoms with E-state index in [0.717, 1.165) is 25.7 Å². The zero-order valence-electron chi connectivity index (χ0n) is 14.8. The Morgan fingerprint density at radius 3 is 2.38 bits per heavy atom. The minimum atomic E-state index is -0.322. The summed E-state index contributed by atoms with van der Waals surface area (Å²) in [5.74, 6) is 0.280. The van der Waals surface area contributed by atoms with Crippen LogP contribution >= 0.6 is 0 Å². The van der Waals surface area contributed by atoms with Crippen LogP contribution < -0.4 is 5.32 Å². The molecule has 2 aromatic carbocycles. The average Bonchev–Trinajstić information content (AvgIpc) is 3.30. The minimum absolute atomic E-state index is 0.00240. The Morgan fingerprint density at radius 1 is 0.962 bits per heavy atom. The first kappa shape index (κ1) is 16.8. The van der Waals surface area contributed by atoms with E-state index in [0.29, 0.717) is 18.0 Å². The predicted octanol–water partition coefficient (Wildman–Crippen LogP) is 3.04. The van der Waals surface area contributed by atoms with Crippen LogP contribution in [0.2, 0.25) is 0 Å². The van der Waals surface area contributed by atoms with E-state index in [-0.39, 0.29) is 23.9 Å². The Bertz CT molecular complexity index is 775. The summed E-state index contributed by atoms with van der Waals surface area (Å²) in [6.45, 7) is 0.601. The number of rotatable bonds is 5. The Balaban J connectivity index is 1.43. The number of amides is 2. The summed E-state index contributed by atoms with van der Waals surface area (Å²) < 4.78 is 0. The lowest BCUT2D eigenvalue weighted by molar-refractivity contribution is -0.126. The van der Waals surface area contributed by atoms with Crippen LogP contribution in [0.25, 0.3) is 0 Å². The molecule has 0 unspecified atom stereocenters. The molecule has 2 fully saturated rings. The highest BCUT2D eigenvalue weighted by atomic mass is 16.2. The second-order valence-corrected chi connectivity index (χ2v) is 7.28. The molecular weight excluding hydrogens is 324 g/mol. The Morgan fingerprint density at radius 2 is 1.65 bits per heavy atom. The first-order valence-corrected chi connectivity index (χ1v) is 9.43. The number of piperidine rings is 1. The van der Waals surface area contributed by atoms with Crippen LogP contribution in [0.4, 0.5) is 0 Å². The summed E-state index contributed by atoms with van der Waals surface area (Å²) in [7, 11) is 0. The van der Waals surface area contributed by atoms with Crippen molar-refractivity contribution in [2.24, 2.45) is 5.92 Å². The standard InChI is InChI=1S/C22H24N2O2/c25-21(23-14-13-16-7-3-1-4-8-16)20-18-11-12-19(15-18)24(20)22(26)17-9-5-2-6-10-17/h1-10,18-20H,11-15H2,(H,23,25)/t18-,19-,20+/m0/s1. The smallest absolute Gasteiger partial charge is 0.254 e. The van der Waals surface area contributed by atoms with Crippen molar-refractivity contribution >= 4 is 11.8 Å². The van der Waals surface area contributed by atoms with E-state index in [2.05, 4.69) is 17.4 Å². The van der Waals surface area contributed by atoms with E-state index >= 15 is 0 Å². The molecular formula is C22H24N2O2. The van der Waals surface area contributed by atoms with Crippen molar-refractivity contribution in [1.29, 1.82) is 0 Å². The predicted molar refractivity (Wildman–Crippen MR) is 101 cm³/mol. The zero-order valence-corrected chi connectivity index (χ0v) is 14.8. The molecule has 1 aliphatic carbocycles. The number of hydrogen-bond donors (Lipinski definition) is 1. The SMILES string of the molecule is O=C(NCCc1ccccc1)[C@H]1[C@H]2CC[C@@H](C2)N1C(=O)c1ccccc1. The summed E-state index contributed by atoms with van der Waals surface area (Å²) in [6.07, 6.45) is 3.81. The molecule has 4 nitrogen and oxygen atoms in total. The highest BCUT2D eigenvalue weighted by molar-refractivity contribution is 5.98. The number of nitrogens with one attached hydrogen (secondary N) is 1. The Hall–Kier alpha value is -2.62. The first-order valence-electron chi connectivity index (χ1n) is 9.43. The van der Waals surface area contributed by atoms with Gasteiger partial charge in [-0.25, -0.2) is 0 Å². The normalized spacial score (nSPS) is 23.8. The molecule has 1 saturated heterocycles. The monoisotopic (exact) mass is 348 g/mol. The van der Waals surface area contributed by atoms with Crippen LogP contribution in [0.1, 0.15) is 35.2 Å². The highest BCUT2D eigenvalue weighted by Crippen LogP contribution is 2.43. The number of hydrogen-bond acceptors (Lipinski definition) is 2. The van der Waals surface area contributed by atoms with Gasteiger partial charge in [-0.2, -0.15) is 0 Å². The molecule has 26 heavy (non-hydrogen) atoms. The number of carbonyl (C=O) groups excluding carboxylic acids is 2. The van der Waals surface area contributed by atoms with Crippen LogP contribution in [0.3, 0.4) is 0 Å². The van der Waals surface area contributed by atoms with Gasteiger partial charge in [-0.1, -0.05) is 48.5 Å². The number of carbonyl (C=O) groups is 2. The molecule has 0 spiro atoms. The van der Waals surface area contributed by atoms with E-state index < -0.39 is 0 Å². The van der Waals surface area contributed by atoms with E-state index in [4.69, 9.17) is 0 Å². The van der Waals surface area contributed by atoms with Crippen molar-refractivity contribution < 1.29 is 9.59 Å². The maximum atomic E-state index is 13.0. The maximum Gasteiger partial charge on any atom is 0.254 e. The van der Waals surface area contributed by atoms with E-state index in [1.807, 2.05) is 53.4 Å². The molecule has 4 rings (SSSR count). The topological polar surface area (TPSA) is 49.4 Å². The first-order chi connectivity index (χ1) is 12.7. The molecule has 1 N–H and O–H groups in total. The van der Waals surface area contributed by atoms with Crippen molar-refractivity contribution in [1.82, 2.24) is 10.2 Å². The van der Waals surface area contributed by atoms with Crippen LogP contribution in [-0.4, -0.2) is 35.3 Å². The second kappa shape index (κ2) is 7.32. The number of nitrogens with zero attached hydrogens (tertiary/aromatic N) is 1. The van der Waals surface area contributed by atoms with Crippen molar-refractivity contribution in [3.05, 3.63) is 71.8 Å². The highest BCUT2D eigenvalue weighted by Gasteiger charge is 2.51. The molecule has 3 atom stereocenters. The van der Waals surface area contributed by atoms with Gasteiger partial charge < -0.3 is 10.2 Å². The fourth-order valence-corrected chi connectivity index (χ4v) is 4.43. The van der Waals surface area contributed by atoms with Crippen molar-refractivity contribution in [3.8, 4) is 0 Å². The summed E-state index contributed by atoms with van der Waals surface area (Å²) in [4.78, 5) is 27.7. The third-order valence-electron chi connectivity index (χ3n) is 5.66. The average molecular weight is 348 g/mol. The lowest BCUT2D eigenvalue weighted by Crippen LogP contribution is -2.53. The molecule has 2 amide bonds. The van der Waals surface area contributed by atoms with Gasteiger partial charge in [0.2, 0.25) is 5.91 Å². The quantitative estimate of drug-likeness (QED) is 0.903.